The first-order valence-electron chi connectivity index (χ1n) is 8.14. The number of nitrogens with two attached hydrogens (primary N) is 1. The minimum absolute atomic E-state index is 0. The van der Waals surface area contributed by atoms with E-state index in [4.69, 9.17) is 10.5 Å². The second-order valence-corrected chi connectivity index (χ2v) is 6.32. The minimum atomic E-state index is -0.338. The first-order chi connectivity index (χ1) is 10.4. The lowest BCUT2D eigenvalue weighted by Crippen LogP contribution is -2.55. The molecule has 23 heavy (non-hydrogen) atoms. The number of hydrogen-bond donors (Lipinski definition) is 2. The molecule has 0 saturated carbocycles. The van der Waals surface area contributed by atoms with Crippen LogP contribution in [0.2, 0.25) is 0 Å². The van der Waals surface area contributed by atoms with Crippen molar-refractivity contribution in [2.24, 2.45) is 11.7 Å². The van der Waals surface area contributed by atoms with Crippen LogP contribution in [0.3, 0.4) is 0 Å². The van der Waals surface area contributed by atoms with Crippen molar-refractivity contribution >= 4 is 18.3 Å². The Kier molecular flexibility index (Phi) is 9.93. The molecule has 0 aromatic heterocycles. The third kappa shape index (κ3) is 7.23. The Morgan fingerprint density at radius 2 is 1.91 bits per heavy atom. The number of ether oxygens (including phenoxy) is 1. The maximum atomic E-state index is 12.1. The lowest BCUT2D eigenvalue weighted by Gasteiger charge is -2.33. The Morgan fingerprint density at radius 1 is 1.30 bits per heavy atom. The molecule has 0 bridgehead atoms. The number of carbonyl (C=O) groups excluding carboxylic acids is 1. The normalized spacial score (nSPS) is 13.1. The van der Waals surface area contributed by atoms with Crippen LogP contribution in [0.1, 0.15) is 46.1 Å². The van der Waals surface area contributed by atoms with Crippen LogP contribution in [0, 0.1) is 5.92 Å². The molecular weight excluding hydrogens is 312 g/mol. The van der Waals surface area contributed by atoms with Gasteiger partial charge in [0.15, 0.2) is 0 Å². The summed E-state index contributed by atoms with van der Waals surface area (Å²) in [6.45, 7) is 9.40. The lowest BCUT2D eigenvalue weighted by molar-refractivity contribution is -0.123. The van der Waals surface area contributed by atoms with Gasteiger partial charge in [-0.25, -0.2) is 0 Å². The number of rotatable bonds is 9. The zero-order valence-electron chi connectivity index (χ0n) is 14.7. The summed E-state index contributed by atoms with van der Waals surface area (Å²) in [4.78, 5) is 12.1. The van der Waals surface area contributed by atoms with Gasteiger partial charge in [0.25, 0.3) is 0 Å². The van der Waals surface area contributed by atoms with Gasteiger partial charge in [0.05, 0.1) is 12.1 Å². The highest BCUT2D eigenvalue weighted by atomic mass is 35.5. The van der Waals surface area contributed by atoms with Gasteiger partial charge in [0.2, 0.25) is 5.91 Å². The van der Waals surface area contributed by atoms with E-state index in [0.717, 1.165) is 30.8 Å². The number of amides is 1. The van der Waals surface area contributed by atoms with E-state index < -0.39 is 0 Å². The Hall–Kier alpha value is -1.26. The predicted octanol–water partition coefficient (Wildman–Crippen LogP) is 3.32. The van der Waals surface area contributed by atoms with Gasteiger partial charge in [0, 0.05) is 13.0 Å². The number of halogens is 1. The monoisotopic (exact) mass is 342 g/mol. The van der Waals surface area contributed by atoms with E-state index in [9.17, 15) is 4.79 Å². The van der Waals surface area contributed by atoms with Crippen LogP contribution in [0.5, 0.6) is 5.75 Å². The van der Waals surface area contributed by atoms with E-state index in [-0.39, 0.29) is 23.9 Å². The smallest absolute Gasteiger partial charge is 0.220 e. The molecular formula is C18H31ClN2O2. The highest BCUT2D eigenvalue weighted by molar-refractivity contribution is 5.85. The molecule has 5 heteroatoms. The van der Waals surface area contributed by atoms with E-state index in [1.807, 2.05) is 31.2 Å². The van der Waals surface area contributed by atoms with Crippen LogP contribution in [0.15, 0.2) is 24.3 Å². The molecule has 0 radical (unpaired) electrons. The molecule has 0 aliphatic rings. The van der Waals surface area contributed by atoms with Crippen LogP contribution >= 0.6 is 12.4 Å². The summed E-state index contributed by atoms with van der Waals surface area (Å²) in [7, 11) is 0. The van der Waals surface area contributed by atoms with E-state index >= 15 is 0 Å². The standard InChI is InChI=1S/C18H30N2O2.ClH/c1-5-12-22-16-9-6-15(7-10-16)8-11-17(21)20-18(4,13-19)14(2)3;/h6-7,9-10,14H,5,8,11-13,19H2,1-4H3,(H,20,21);1H. The molecule has 3 N–H and O–H groups in total. The summed E-state index contributed by atoms with van der Waals surface area (Å²) in [6, 6.07) is 7.95. The summed E-state index contributed by atoms with van der Waals surface area (Å²) >= 11 is 0. The highest BCUT2D eigenvalue weighted by Gasteiger charge is 2.28. The molecule has 0 heterocycles. The average Bonchev–Trinajstić information content (AvgIpc) is 2.51. The molecule has 1 aromatic rings. The van der Waals surface area contributed by atoms with Crippen LogP contribution < -0.4 is 15.8 Å². The maximum absolute atomic E-state index is 12.1. The first kappa shape index (κ1) is 21.7. The molecule has 1 atom stereocenters. The number of carbonyl (C=O) groups is 1. The maximum Gasteiger partial charge on any atom is 0.220 e. The summed E-state index contributed by atoms with van der Waals surface area (Å²) in [6.07, 6.45) is 2.19. The molecule has 0 saturated heterocycles. The Labute approximate surface area is 146 Å². The van der Waals surface area contributed by atoms with Gasteiger partial charge >= 0.3 is 0 Å². The molecule has 0 aliphatic heterocycles. The summed E-state index contributed by atoms with van der Waals surface area (Å²) in [5, 5.41) is 3.06. The van der Waals surface area contributed by atoms with Crippen molar-refractivity contribution in [2.75, 3.05) is 13.2 Å². The zero-order valence-corrected chi connectivity index (χ0v) is 15.5. The van der Waals surface area contributed by atoms with Crippen LogP contribution in [0.25, 0.3) is 0 Å². The van der Waals surface area contributed by atoms with Crippen LogP contribution in [-0.2, 0) is 11.2 Å². The largest absolute Gasteiger partial charge is 0.494 e. The van der Waals surface area contributed by atoms with Gasteiger partial charge in [-0.2, -0.15) is 0 Å². The van der Waals surface area contributed by atoms with Crippen molar-refractivity contribution in [3.63, 3.8) is 0 Å². The molecule has 0 aliphatic carbocycles. The average molecular weight is 343 g/mol. The highest BCUT2D eigenvalue weighted by Crippen LogP contribution is 2.16. The van der Waals surface area contributed by atoms with E-state index in [0.29, 0.717) is 18.9 Å². The molecule has 0 spiro atoms. The minimum Gasteiger partial charge on any atom is -0.494 e. The Bertz CT molecular complexity index is 463. The number of hydrogen-bond acceptors (Lipinski definition) is 3. The third-order valence-electron chi connectivity index (χ3n) is 4.16. The molecule has 132 valence electrons. The summed E-state index contributed by atoms with van der Waals surface area (Å²) in [5.41, 5.74) is 6.59. The summed E-state index contributed by atoms with van der Waals surface area (Å²) < 4.78 is 5.55. The number of nitrogens with one attached hydrogen (secondary N) is 1. The number of aryl methyl sites for hydroxylation is 1. The van der Waals surface area contributed by atoms with Gasteiger partial charge in [-0.3, -0.25) is 4.79 Å². The first-order valence-corrected chi connectivity index (χ1v) is 8.14. The number of benzene rings is 1. The molecule has 1 amide bonds. The Morgan fingerprint density at radius 3 is 2.39 bits per heavy atom. The second kappa shape index (κ2) is 10.5. The Balaban J connectivity index is 0.00000484. The molecule has 0 fully saturated rings. The van der Waals surface area contributed by atoms with Crippen molar-refractivity contribution in [1.82, 2.24) is 5.32 Å². The zero-order chi connectivity index (χ0) is 16.6. The van der Waals surface area contributed by atoms with Gasteiger partial charge < -0.3 is 15.8 Å². The molecule has 4 nitrogen and oxygen atoms in total. The van der Waals surface area contributed by atoms with Crippen molar-refractivity contribution in [3.05, 3.63) is 29.8 Å². The molecule has 1 rings (SSSR count). The third-order valence-corrected chi connectivity index (χ3v) is 4.16. The van der Waals surface area contributed by atoms with Crippen molar-refractivity contribution in [3.8, 4) is 5.75 Å². The SMILES string of the molecule is CCCOc1ccc(CCC(=O)NC(C)(CN)C(C)C)cc1.Cl. The molecule has 1 aromatic carbocycles. The van der Waals surface area contributed by atoms with Crippen LogP contribution in [-0.4, -0.2) is 24.6 Å². The van der Waals surface area contributed by atoms with Gasteiger partial charge in [-0.05, 0) is 43.4 Å². The predicted molar refractivity (Wildman–Crippen MR) is 98.2 cm³/mol. The quantitative estimate of drug-likeness (QED) is 0.723. The fourth-order valence-electron chi connectivity index (χ4n) is 2.04. The fraction of sp³-hybridized carbons (Fsp3) is 0.611. The fourth-order valence-corrected chi connectivity index (χ4v) is 2.04. The van der Waals surface area contributed by atoms with Gasteiger partial charge in [0.1, 0.15) is 5.75 Å². The summed E-state index contributed by atoms with van der Waals surface area (Å²) in [5.74, 6) is 1.23. The second-order valence-electron chi connectivity index (χ2n) is 6.32. The van der Waals surface area contributed by atoms with Crippen LogP contribution in [0.4, 0.5) is 0 Å². The topological polar surface area (TPSA) is 64.3 Å². The van der Waals surface area contributed by atoms with Crippen molar-refractivity contribution < 1.29 is 9.53 Å². The van der Waals surface area contributed by atoms with Gasteiger partial charge in [-0.15, -0.1) is 12.4 Å². The van der Waals surface area contributed by atoms with E-state index in [1.165, 1.54) is 0 Å². The van der Waals surface area contributed by atoms with Crippen molar-refractivity contribution in [2.45, 2.75) is 52.5 Å². The lowest BCUT2D eigenvalue weighted by atomic mass is 9.88. The van der Waals surface area contributed by atoms with Gasteiger partial charge in [-0.1, -0.05) is 32.9 Å². The van der Waals surface area contributed by atoms with E-state index in [2.05, 4.69) is 26.1 Å². The molecule has 1 unspecified atom stereocenters. The van der Waals surface area contributed by atoms with Crippen molar-refractivity contribution in [1.29, 1.82) is 0 Å². The van der Waals surface area contributed by atoms with E-state index in [1.54, 1.807) is 0 Å².